The zero-order chi connectivity index (χ0) is 15.1. The van der Waals surface area contributed by atoms with Gasteiger partial charge in [-0.1, -0.05) is 0 Å². The van der Waals surface area contributed by atoms with E-state index < -0.39 is 23.3 Å². The molecule has 1 aromatic carbocycles. The predicted octanol–water partition coefficient (Wildman–Crippen LogP) is 1.59. The van der Waals surface area contributed by atoms with Crippen LogP contribution in [-0.2, 0) is 19.1 Å². The van der Waals surface area contributed by atoms with E-state index in [0.29, 0.717) is 3.57 Å². The van der Waals surface area contributed by atoms with Crippen molar-refractivity contribution < 1.29 is 23.5 Å². The minimum atomic E-state index is -0.925. The number of nitrogens with one attached hydrogen (secondary N) is 1. The molecule has 8 heteroatoms. The van der Waals surface area contributed by atoms with Crippen LogP contribution in [0.1, 0.15) is 0 Å². The molecule has 0 saturated heterocycles. The Balaban J connectivity index is 2.96. The molecule has 108 valence electrons. The third-order valence-corrected chi connectivity index (χ3v) is 2.81. The van der Waals surface area contributed by atoms with Gasteiger partial charge in [0.15, 0.2) is 0 Å². The lowest BCUT2D eigenvalue weighted by molar-refractivity contribution is -0.133. The molecule has 0 heterocycles. The Morgan fingerprint density at radius 1 is 1.40 bits per heavy atom. The highest BCUT2D eigenvalue weighted by molar-refractivity contribution is 14.1. The van der Waals surface area contributed by atoms with Crippen molar-refractivity contribution in [2.24, 2.45) is 5.10 Å². The number of ether oxygens (including phenoxy) is 2. The second-order valence-corrected chi connectivity index (χ2v) is 4.79. The Bertz CT molecular complexity index is 548. The van der Waals surface area contributed by atoms with Crippen LogP contribution in [0.3, 0.4) is 0 Å². The first-order valence-corrected chi connectivity index (χ1v) is 6.46. The lowest BCUT2D eigenvalue weighted by atomic mass is 10.2. The molecule has 0 aliphatic rings. The van der Waals surface area contributed by atoms with Crippen molar-refractivity contribution in [3.8, 4) is 0 Å². The van der Waals surface area contributed by atoms with Gasteiger partial charge in [-0.2, -0.15) is 5.10 Å². The van der Waals surface area contributed by atoms with Gasteiger partial charge in [-0.3, -0.25) is 10.2 Å². The summed E-state index contributed by atoms with van der Waals surface area (Å²) in [6.07, 6.45) is 0. The summed E-state index contributed by atoms with van der Waals surface area (Å²) in [5.74, 6) is -2.15. The Kier molecular flexibility index (Phi) is 6.52. The quantitative estimate of drug-likeness (QED) is 0.261. The maximum Gasteiger partial charge on any atom is 0.362 e. The maximum atomic E-state index is 13.6. The molecule has 0 fully saturated rings. The fourth-order valence-corrected chi connectivity index (χ4v) is 1.67. The van der Waals surface area contributed by atoms with Crippen molar-refractivity contribution in [3.05, 3.63) is 27.6 Å². The number of hydrogen-bond acceptors (Lipinski definition) is 6. The highest BCUT2D eigenvalue weighted by atomic mass is 127. The van der Waals surface area contributed by atoms with Crippen molar-refractivity contribution >= 4 is 45.7 Å². The molecule has 0 aliphatic carbocycles. The average Bonchev–Trinajstić information content (AvgIpc) is 2.41. The molecular formula is C12H12FIN2O4. The van der Waals surface area contributed by atoms with Crippen LogP contribution in [-0.4, -0.2) is 38.3 Å². The first kappa shape index (κ1) is 16.5. The molecule has 20 heavy (non-hydrogen) atoms. The Labute approximate surface area is 128 Å². The summed E-state index contributed by atoms with van der Waals surface area (Å²) in [6, 6.07) is 4.37. The summed E-state index contributed by atoms with van der Waals surface area (Å²) in [5, 5.41) is 3.59. The number of esters is 1. The van der Waals surface area contributed by atoms with Crippen LogP contribution >= 0.6 is 22.6 Å². The number of anilines is 1. The Hall–Kier alpha value is -1.55. The molecule has 1 N–H and O–H groups in total. The van der Waals surface area contributed by atoms with Gasteiger partial charge in [0.05, 0.1) is 12.8 Å². The van der Waals surface area contributed by atoms with Crippen LogP contribution in [0.2, 0.25) is 0 Å². The number of methoxy groups -OCH3 is 2. The summed E-state index contributed by atoms with van der Waals surface area (Å²) in [6.45, 7) is -0.329. The SMILES string of the molecule is COCC(=O)C(=NNc1ccc(I)cc1F)C(=O)OC. The largest absolute Gasteiger partial charge is 0.464 e. The van der Waals surface area contributed by atoms with Crippen molar-refractivity contribution in [1.29, 1.82) is 0 Å². The van der Waals surface area contributed by atoms with Crippen molar-refractivity contribution in [2.45, 2.75) is 0 Å². The number of benzene rings is 1. The van der Waals surface area contributed by atoms with E-state index in [0.717, 1.165) is 7.11 Å². The topological polar surface area (TPSA) is 77.0 Å². The van der Waals surface area contributed by atoms with Crippen LogP contribution in [0.25, 0.3) is 0 Å². The molecule has 0 unspecified atom stereocenters. The molecule has 6 nitrogen and oxygen atoms in total. The van der Waals surface area contributed by atoms with Crippen molar-refractivity contribution in [3.63, 3.8) is 0 Å². The second-order valence-electron chi connectivity index (χ2n) is 3.54. The van der Waals surface area contributed by atoms with Crippen LogP contribution in [0.5, 0.6) is 0 Å². The van der Waals surface area contributed by atoms with Gasteiger partial charge in [-0.25, -0.2) is 9.18 Å². The number of halogens is 2. The first-order chi connectivity index (χ1) is 9.49. The third-order valence-electron chi connectivity index (χ3n) is 2.14. The highest BCUT2D eigenvalue weighted by Crippen LogP contribution is 2.16. The van der Waals surface area contributed by atoms with E-state index in [4.69, 9.17) is 0 Å². The normalized spacial score (nSPS) is 11.1. The Morgan fingerprint density at radius 3 is 2.65 bits per heavy atom. The number of carbonyl (C=O) groups excluding carboxylic acids is 2. The van der Waals surface area contributed by atoms with Gasteiger partial charge in [0, 0.05) is 10.7 Å². The number of nitrogens with zero attached hydrogens (tertiary/aromatic N) is 1. The van der Waals surface area contributed by atoms with Crippen LogP contribution in [0.15, 0.2) is 23.3 Å². The van der Waals surface area contributed by atoms with Gasteiger partial charge in [-0.05, 0) is 40.8 Å². The van der Waals surface area contributed by atoms with E-state index in [9.17, 15) is 14.0 Å². The van der Waals surface area contributed by atoms with E-state index in [1.807, 2.05) is 22.6 Å². The van der Waals surface area contributed by atoms with Gasteiger partial charge in [-0.15, -0.1) is 0 Å². The predicted molar refractivity (Wildman–Crippen MR) is 79.1 cm³/mol. The van der Waals surface area contributed by atoms with Crippen LogP contribution in [0, 0.1) is 9.39 Å². The number of Topliss-reactive ketones (excluding diaryl/α,β-unsaturated/α-hetero) is 1. The summed E-state index contributed by atoms with van der Waals surface area (Å²) in [4.78, 5) is 23.0. The highest BCUT2D eigenvalue weighted by Gasteiger charge is 2.21. The lowest BCUT2D eigenvalue weighted by Gasteiger charge is -2.06. The molecule has 0 amide bonds. The van der Waals surface area contributed by atoms with E-state index in [2.05, 4.69) is 20.0 Å². The first-order valence-electron chi connectivity index (χ1n) is 5.38. The maximum absolute atomic E-state index is 13.6. The zero-order valence-corrected chi connectivity index (χ0v) is 12.9. The number of carbonyl (C=O) groups is 2. The number of hydrazone groups is 1. The van der Waals surface area contributed by atoms with Gasteiger partial charge >= 0.3 is 5.97 Å². The minimum absolute atomic E-state index is 0.0389. The molecule has 0 radical (unpaired) electrons. The molecule has 0 aromatic heterocycles. The zero-order valence-electron chi connectivity index (χ0n) is 10.8. The smallest absolute Gasteiger partial charge is 0.362 e. The number of rotatable bonds is 6. The standard InChI is InChI=1S/C12H12FIN2O4/c1-19-6-10(17)11(12(18)20-2)16-15-9-4-3-7(14)5-8(9)13/h3-5,15H,6H2,1-2H3. The lowest BCUT2D eigenvalue weighted by Crippen LogP contribution is -2.29. The minimum Gasteiger partial charge on any atom is -0.464 e. The van der Waals surface area contributed by atoms with Gasteiger partial charge < -0.3 is 9.47 Å². The van der Waals surface area contributed by atoms with Crippen molar-refractivity contribution in [2.75, 3.05) is 26.3 Å². The van der Waals surface area contributed by atoms with Crippen molar-refractivity contribution in [1.82, 2.24) is 0 Å². The van der Waals surface area contributed by atoms with Gasteiger partial charge in [0.25, 0.3) is 0 Å². The molecule has 0 spiro atoms. The molecule has 0 bridgehead atoms. The van der Waals surface area contributed by atoms with Gasteiger partial charge in [0.1, 0.15) is 12.4 Å². The van der Waals surface area contributed by atoms with Gasteiger partial charge in [0.2, 0.25) is 11.5 Å². The van der Waals surface area contributed by atoms with E-state index in [1.54, 1.807) is 6.07 Å². The molecule has 0 saturated carbocycles. The number of hydrogen-bond donors (Lipinski definition) is 1. The van der Waals surface area contributed by atoms with Crippen LogP contribution < -0.4 is 5.43 Å². The summed E-state index contributed by atoms with van der Waals surface area (Å²) in [7, 11) is 2.42. The summed E-state index contributed by atoms with van der Waals surface area (Å²) >= 11 is 1.95. The Morgan fingerprint density at radius 2 is 2.10 bits per heavy atom. The molecule has 1 rings (SSSR count). The van der Waals surface area contributed by atoms with E-state index in [1.165, 1.54) is 19.2 Å². The van der Waals surface area contributed by atoms with E-state index in [-0.39, 0.29) is 12.3 Å². The molecule has 0 atom stereocenters. The monoisotopic (exact) mass is 394 g/mol. The molecule has 1 aromatic rings. The summed E-state index contributed by atoms with van der Waals surface area (Å²) in [5.41, 5.74) is 1.87. The van der Waals surface area contributed by atoms with Crippen LogP contribution in [0.4, 0.5) is 10.1 Å². The molecular weight excluding hydrogens is 382 g/mol. The third kappa shape index (κ3) is 4.53. The van der Waals surface area contributed by atoms with E-state index >= 15 is 0 Å². The second kappa shape index (κ2) is 7.90. The molecule has 0 aliphatic heterocycles. The summed E-state index contributed by atoms with van der Waals surface area (Å²) < 4.78 is 23.3. The number of ketones is 1. The fraction of sp³-hybridized carbons (Fsp3) is 0.250. The fourth-order valence-electron chi connectivity index (χ4n) is 1.21. The average molecular weight is 394 g/mol.